The van der Waals surface area contributed by atoms with Crippen LogP contribution in [0.2, 0.25) is 0 Å². The van der Waals surface area contributed by atoms with Crippen molar-refractivity contribution in [2.45, 2.75) is 18.7 Å². The predicted molar refractivity (Wildman–Crippen MR) is 83.1 cm³/mol. The van der Waals surface area contributed by atoms with Crippen LogP contribution in [0.3, 0.4) is 0 Å². The number of aryl methyl sites for hydroxylation is 2. The lowest BCUT2D eigenvalue weighted by atomic mass is 10.2. The molecule has 1 fully saturated rings. The van der Waals surface area contributed by atoms with Crippen molar-refractivity contribution in [1.82, 2.24) is 9.21 Å². The first kappa shape index (κ1) is 16.9. The lowest BCUT2D eigenvalue weighted by Crippen LogP contribution is -2.51. The van der Waals surface area contributed by atoms with Crippen LogP contribution < -0.4 is 0 Å². The Morgan fingerprint density at radius 2 is 1.82 bits per heavy atom. The standard InChI is InChI=1S/C15H22N2O4S/c1-12-4-5-13(2)14(10-12)22(19,20)17-8-6-16(7-9-17)15(18)11-21-3/h4-5,10H,6-9,11H2,1-3H3. The summed E-state index contributed by atoms with van der Waals surface area (Å²) in [6.45, 7) is 5.11. The Morgan fingerprint density at radius 1 is 1.18 bits per heavy atom. The second-order valence-corrected chi connectivity index (χ2v) is 7.39. The third kappa shape index (κ3) is 3.48. The molecule has 0 N–H and O–H groups in total. The lowest BCUT2D eigenvalue weighted by Gasteiger charge is -2.34. The van der Waals surface area contributed by atoms with Crippen LogP contribution in [0.4, 0.5) is 0 Å². The van der Waals surface area contributed by atoms with Gasteiger partial charge in [-0.25, -0.2) is 8.42 Å². The van der Waals surface area contributed by atoms with Gasteiger partial charge in [-0.3, -0.25) is 4.79 Å². The van der Waals surface area contributed by atoms with Gasteiger partial charge in [0.2, 0.25) is 15.9 Å². The van der Waals surface area contributed by atoms with Crippen LogP contribution in [0.25, 0.3) is 0 Å². The number of methoxy groups -OCH3 is 1. The SMILES string of the molecule is COCC(=O)N1CCN(S(=O)(=O)c2cc(C)ccc2C)CC1. The van der Waals surface area contributed by atoms with Crippen LogP contribution in [0, 0.1) is 13.8 Å². The zero-order valence-electron chi connectivity index (χ0n) is 13.2. The molecule has 1 saturated heterocycles. The van der Waals surface area contributed by atoms with Gasteiger partial charge in [0, 0.05) is 33.3 Å². The summed E-state index contributed by atoms with van der Waals surface area (Å²) in [7, 11) is -2.04. The van der Waals surface area contributed by atoms with Crippen LogP contribution in [0.1, 0.15) is 11.1 Å². The molecule has 0 unspecified atom stereocenters. The van der Waals surface area contributed by atoms with Gasteiger partial charge >= 0.3 is 0 Å². The first-order valence-electron chi connectivity index (χ1n) is 7.20. The van der Waals surface area contributed by atoms with E-state index in [1.54, 1.807) is 17.9 Å². The van der Waals surface area contributed by atoms with Gasteiger partial charge < -0.3 is 9.64 Å². The fraction of sp³-hybridized carbons (Fsp3) is 0.533. The van der Waals surface area contributed by atoms with E-state index in [4.69, 9.17) is 4.74 Å². The van der Waals surface area contributed by atoms with Crippen molar-refractivity contribution in [3.8, 4) is 0 Å². The molecule has 0 aliphatic carbocycles. The minimum absolute atomic E-state index is 0.0315. The second kappa shape index (κ2) is 6.76. The topological polar surface area (TPSA) is 66.9 Å². The van der Waals surface area contributed by atoms with Crippen LogP contribution >= 0.6 is 0 Å². The zero-order valence-corrected chi connectivity index (χ0v) is 14.0. The molecule has 1 aliphatic heterocycles. The number of sulfonamides is 1. The Labute approximate surface area is 131 Å². The van der Waals surface area contributed by atoms with Crippen molar-refractivity contribution in [3.05, 3.63) is 29.3 Å². The van der Waals surface area contributed by atoms with E-state index in [-0.39, 0.29) is 12.5 Å². The monoisotopic (exact) mass is 326 g/mol. The number of ether oxygens (including phenoxy) is 1. The largest absolute Gasteiger partial charge is 0.375 e. The van der Waals surface area contributed by atoms with Gasteiger partial charge in [0.15, 0.2) is 0 Å². The van der Waals surface area contributed by atoms with E-state index in [9.17, 15) is 13.2 Å². The van der Waals surface area contributed by atoms with Crippen LogP contribution in [0.5, 0.6) is 0 Å². The number of amides is 1. The van der Waals surface area contributed by atoms with Gasteiger partial charge in [0.05, 0.1) is 4.90 Å². The molecule has 0 spiro atoms. The number of carbonyl (C=O) groups excluding carboxylic acids is 1. The highest BCUT2D eigenvalue weighted by molar-refractivity contribution is 7.89. The van der Waals surface area contributed by atoms with Crippen molar-refractivity contribution < 1.29 is 17.9 Å². The van der Waals surface area contributed by atoms with Crippen LogP contribution in [-0.4, -0.2) is 63.4 Å². The molecule has 1 heterocycles. The number of hydrogen-bond donors (Lipinski definition) is 0. The minimum atomic E-state index is -3.51. The Balaban J connectivity index is 2.13. The van der Waals surface area contributed by atoms with E-state index < -0.39 is 10.0 Å². The molecule has 2 rings (SSSR count). The molecule has 0 radical (unpaired) electrons. The van der Waals surface area contributed by atoms with Crippen molar-refractivity contribution >= 4 is 15.9 Å². The molecule has 0 atom stereocenters. The van der Waals surface area contributed by atoms with Crippen LogP contribution in [-0.2, 0) is 19.6 Å². The van der Waals surface area contributed by atoms with Crippen molar-refractivity contribution in [3.63, 3.8) is 0 Å². The average molecular weight is 326 g/mol. The molecular formula is C15H22N2O4S. The summed E-state index contributed by atoms with van der Waals surface area (Å²) in [6.07, 6.45) is 0. The molecule has 7 heteroatoms. The molecule has 1 aromatic rings. The van der Waals surface area contributed by atoms with Crippen LogP contribution in [0.15, 0.2) is 23.1 Å². The first-order valence-corrected chi connectivity index (χ1v) is 8.64. The van der Waals surface area contributed by atoms with E-state index in [1.807, 2.05) is 19.1 Å². The smallest absolute Gasteiger partial charge is 0.248 e. The fourth-order valence-corrected chi connectivity index (χ4v) is 4.25. The molecule has 1 aromatic carbocycles. The number of carbonyl (C=O) groups is 1. The summed E-state index contributed by atoms with van der Waals surface area (Å²) >= 11 is 0. The molecular weight excluding hydrogens is 304 g/mol. The third-order valence-electron chi connectivity index (χ3n) is 3.82. The second-order valence-electron chi connectivity index (χ2n) is 5.49. The van der Waals surface area contributed by atoms with Crippen molar-refractivity contribution in [2.24, 2.45) is 0 Å². The highest BCUT2D eigenvalue weighted by Crippen LogP contribution is 2.22. The molecule has 0 aromatic heterocycles. The Bertz CT molecular complexity index is 650. The maximum Gasteiger partial charge on any atom is 0.248 e. The van der Waals surface area contributed by atoms with Gasteiger partial charge in [-0.1, -0.05) is 12.1 Å². The normalized spacial score (nSPS) is 16.8. The summed E-state index contributed by atoms with van der Waals surface area (Å²) in [4.78, 5) is 13.7. The zero-order chi connectivity index (χ0) is 16.3. The Hall–Kier alpha value is -1.44. The average Bonchev–Trinajstić information content (AvgIpc) is 2.50. The van der Waals surface area contributed by atoms with Crippen molar-refractivity contribution in [2.75, 3.05) is 39.9 Å². The highest BCUT2D eigenvalue weighted by atomic mass is 32.2. The Morgan fingerprint density at radius 3 is 2.41 bits per heavy atom. The predicted octanol–water partition coefficient (Wildman–Crippen LogP) is 0.783. The molecule has 0 bridgehead atoms. The molecule has 1 aliphatic rings. The molecule has 122 valence electrons. The van der Waals surface area contributed by atoms with Gasteiger partial charge in [0.1, 0.15) is 6.61 Å². The summed E-state index contributed by atoms with van der Waals surface area (Å²) in [6, 6.07) is 5.42. The first-order chi connectivity index (χ1) is 10.4. The fourth-order valence-electron chi connectivity index (χ4n) is 2.52. The molecule has 22 heavy (non-hydrogen) atoms. The highest BCUT2D eigenvalue weighted by Gasteiger charge is 2.30. The molecule has 6 nitrogen and oxygen atoms in total. The Kier molecular flexibility index (Phi) is 5.20. The number of benzene rings is 1. The number of rotatable bonds is 4. The summed E-state index contributed by atoms with van der Waals surface area (Å²) in [5.74, 6) is -0.105. The van der Waals surface area contributed by atoms with E-state index in [1.165, 1.54) is 11.4 Å². The summed E-state index contributed by atoms with van der Waals surface area (Å²) in [5.41, 5.74) is 1.65. The number of piperazine rings is 1. The van der Waals surface area contributed by atoms with E-state index in [0.29, 0.717) is 31.1 Å². The quantitative estimate of drug-likeness (QED) is 0.820. The van der Waals surface area contributed by atoms with Gasteiger partial charge in [0.25, 0.3) is 0 Å². The van der Waals surface area contributed by atoms with E-state index >= 15 is 0 Å². The van der Waals surface area contributed by atoms with Gasteiger partial charge in [-0.15, -0.1) is 0 Å². The van der Waals surface area contributed by atoms with Gasteiger partial charge in [-0.2, -0.15) is 4.31 Å². The minimum Gasteiger partial charge on any atom is -0.375 e. The third-order valence-corrected chi connectivity index (χ3v) is 5.86. The lowest BCUT2D eigenvalue weighted by molar-refractivity contribution is -0.136. The summed E-state index contributed by atoms with van der Waals surface area (Å²) in [5, 5.41) is 0. The summed E-state index contributed by atoms with van der Waals surface area (Å²) < 4.78 is 31.8. The molecule has 1 amide bonds. The maximum absolute atomic E-state index is 12.8. The number of nitrogens with zero attached hydrogens (tertiary/aromatic N) is 2. The molecule has 0 saturated carbocycles. The number of hydrogen-bond acceptors (Lipinski definition) is 4. The van der Waals surface area contributed by atoms with E-state index in [0.717, 1.165) is 11.1 Å². The van der Waals surface area contributed by atoms with Crippen molar-refractivity contribution in [1.29, 1.82) is 0 Å². The van der Waals surface area contributed by atoms with E-state index in [2.05, 4.69) is 0 Å². The maximum atomic E-state index is 12.8. The van der Waals surface area contributed by atoms with Gasteiger partial charge in [-0.05, 0) is 31.0 Å².